The average Bonchev–Trinajstić information content (AvgIpc) is 2.28. The molecule has 0 spiro atoms. The van der Waals surface area contributed by atoms with Gasteiger partial charge in [0, 0.05) is 0 Å². The van der Waals surface area contributed by atoms with Crippen molar-refractivity contribution in [3.63, 3.8) is 0 Å². The second kappa shape index (κ2) is 4.27. The van der Waals surface area contributed by atoms with E-state index >= 15 is 0 Å². The summed E-state index contributed by atoms with van der Waals surface area (Å²) in [6.45, 7) is 6.07. The molecule has 2 atom stereocenters. The topological polar surface area (TPSA) is 3.24 Å². The molecule has 0 aromatic carbocycles. The van der Waals surface area contributed by atoms with Crippen LogP contribution in [-0.4, -0.2) is 25.5 Å². The summed E-state index contributed by atoms with van der Waals surface area (Å²) in [5.74, 6) is 2.95. The van der Waals surface area contributed by atoms with E-state index in [9.17, 15) is 0 Å². The molecule has 1 aliphatic rings. The standard InChI is InChI=1S/C11H23N/c1-9-7-11(8-10(9)2)5-6-12(3)4/h9-11H,5-8H2,1-4H3. The molecule has 2 unspecified atom stereocenters. The third-order valence-corrected chi connectivity index (χ3v) is 3.37. The summed E-state index contributed by atoms with van der Waals surface area (Å²) in [5.41, 5.74) is 0. The zero-order valence-corrected chi connectivity index (χ0v) is 9.01. The summed E-state index contributed by atoms with van der Waals surface area (Å²) in [6, 6.07) is 0. The highest BCUT2D eigenvalue weighted by Crippen LogP contribution is 2.37. The first-order valence-electron chi connectivity index (χ1n) is 5.24. The van der Waals surface area contributed by atoms with Crippen LogP contribution in [0.25, 0.3) is 0 Å². The Labute approximate surface area is 77.1 Å². The Hall–Kier alpha value is -0.0400. The lowest BCUT2D eigenvalue weighted by Gasteiger charge is -2.13. The second-order valence-corrected chi connectivity index (χ2v) is 4.88. The van der Waals surface area contributed by atoms with Crippen LogP contribution in [0.15, 0.2) is 0 Å². The van der Waals surface area contributed by atoms with Crippen molar-refractivity contribution in [1.29, 1.82) is 0 Å². The van der Waals surface area contributed by atoms with Crippen molar-refractivity contribution in [2.24, 2.45) is 17.8 Å². The lowest BCUT2D eigenvalue weighted by molar-refractivity contribution is 0.347. The maximum atomic E-state index is 2.40. The Kier molecular flexibility index (Phi) is 3.57. The van der Waals surface area contributed by atoms with E-state index in [1.54, 1.807) is 0 Å². The van der Waals surface area contributed by atoms with Gasteiger partial charge in [-0.3, -0.25) is 0 Å². The van der Waals surface area contributed by atoms with E-state index in [4.69, 9.17) is 0 Å². The summed E-state index contributed by atoms with van der Waals surface area (Å²) in [6.07, 6.45) is 4.34. The van der Waals surface area contributed by atoms with E-state index < -0.39 is 0 Å². The normalized spacial score (nSPS) is 36.2. The third kappa shape index (κ3) is 2.78. The first kappa shape index (κ1) is 10.0. The van der Waals surface area contributed by atoms with Gasteiger partial charge in [-0.05, 0) is 57.7 Å². The fourth-order valence-electron chi connectivity index (χ4n) is 2.29. The van der Waals surface area contributed by atoms with Crippen LogP contribution in [0.3, 0.4) is 0 Å². The highest BCUT2D eigenvalue weighted by atomic mass is 15.0. The Morgan fingerprint density at radius 2 is 1.58 bits per heavy atom. The van der Waals surface area contributed by atoms with Crippen LogP contribution < -0.4 is 0 Å². The van der Waals surface area contributed by atoms with Gasteiger partial charge in [-0.1, -0.05) is 13.8 Å². The van der Waals surface area contributed by atoms with E-state index in [1.807, 2.05) is 0 Å². The van der Waals surface area contributed by atoms with Crippen LogP contribution in [0.4, 0.5) is 0 Å². The fraction of sp³-hybridized carbons (Fsp3) is 1.00. The lowest BCUT2D eigenvalue weighted by atomic mass is 10.0. The predicted octanol–water partition coefficient (Wildman–Crippen LogP) is 2.62. The van der Waals surface area contributed by atoms with Gasteiger partial charge in [0.25, 0.3) is 0 Å². The van der Waals surface area contributed by atoms with E-state index in [2.05, 4.69) is 32.8 Å². The number of hydrogen-bond donors (Lipinski definition) is 0. The molecule has 0 radical (unpaired) electrons. The van der Waals surface area contributed by atoms with E-state index in [-0.39, 0.29) is 0 Å². The molecule has 1 rings (SSSR count). The molecule has 0 amide bonds. The van der Waals surface area contributed by atoms with Crippen LogP contribution in [0.1, 0.15) is 33.1 Å². The average molecular weight is 169 g/mol. The summed E-state index contributed by atoms with van der Waals surface area (Å²) in [5, 5.41) is 0. The quantitative estimate of drug-likeness (QED) is 0.628. The molecule has 0 N–H and O–H groups in total. The summed E-state index contributed by atoms with van der Waals surface area (Å²) >= 11 is 0. The molecule has 1 aliphatic carbocycles. The van der Waals surface area contributed by atoms with Gasteiger partial charge in [0.05, 0.1) is 0 Å². The van der Waals surface area contributed by atoms with Gasteiger partial charge < -0.3 is 4.90 Å². The van der Waals surface area contributed by atoms with Gasteiger partial charge in [0.15, 0.2) is 0 Å². The zero-order chi connectivity index (χ0) is 9.14. The van der Waals surface area contributed by atoms with Crippen LogP contribution in [0.2, 0.25) is 0 Å². The summed E-state index contributed by atoms with van der Waals surface area (Å²) in [7, 11) is 4.34. The van der Waals surface area contributed by atoms with Gasteiger partial charge in [0.1, 0.15) is 0 Å². The lowest BCUT2D eigenvalue weighted by Crippen LogP contribution is -2.15. The molecule has 1 heteroatoms. The minimum absolute atomic E-state index is 0.970. The maximum Gasteiger partial charge on any atom is -0.00222 e. The van der Waals surface area contributed by atoms with Crippen LogP contribution in [0.5, 0.6) is 0 Å². The van der Waals surface area contributed by atoms with Crippen LogP contribution >= 0.6 is 0 Å². The van der Waals surface area contributed by atoms with Gasteiger partial charge >= 0.3 is 0 Å². The fourth-order valence-corrected chi connectivity index (χ4v) is 2.29. The van der Waals surface area contributed by atoms with Gasteiger partial charge in [-0.15, -0.1) is 0 Å². The smallest absolute Gasteiger partial charge is 0.00222 e. The highest BCUT2D eigenvalue weighted by molar-refractivity contribution is 4.78. The molecule has 12 heavy (non-hydrogen) atoms. The summed E-state index contributed by atoms with van der Waals surface area (Å²) in [4.78, 5) is 2.30. The molecule has 1 nitrogen and oxygen atoms in total. The predicted molar refractivity (Wildman–Crippen MR) is 54.2 cm³/mol. The minimum Gasteiger partial charge on any atom is -0.309 e. The van der Waals surface area contributed by atoms with Crippen molar-refractivity contribution in [1.82, 2.24) is 4.90 Å². The molecule has 0 heterocycles. The number of hydrogen-bond acceptors (Lipinski definition) is 1. The molecule has 72 valence electrons. The molecule has 0 saturated heterocycles. The first-order valence-corrected chi connectivity index (χ1v) is 5.24. The maximum absolute atomic E-state index is 2.40. The first-order chi connectivity index (χ1) is 5.59. The molecular formula is C11H23N. The Morgan fingerprint density at radius 3 is 2.00 bits per heavy atom. The second-order valence-electron chi connectivity index (χ2n) is 4.88. The van der Waals surface area contributed by atoms with Crippen LogP contribution in [-0.2, 0) is 0 Å². The zero-order valence-electron chi connectivity index (χ0n) is 9.01. The molecule has 1 fully saturated rings. The van der Waals surface area contributed by atoms with Crippen molar-refractivity contribution in [3.8, 4) is 0 Å². The Balaban J connectivity index is 2.19. The van der Waals surface area contributed by atoms with Gasteiger partial charge in [0.2, 0.25) is 0 Å². The molecule has 0 aliphatic heterocycles. The SMILES string of the molecule is CC1CC(CCN(C)C)CC1C. The number of rotatable bonds is 3. The van der Waals surface area contributed by atoms with Crippen molar-refractivity contribution in [3.05, 3.63) is 0 Å². The molecule has 1 saturated carbocycles. The Morgan fingerprint density at radius 1 is 1.08 bits per heavy atom. The van der Waals surface area contributed by atoms with Crippen molar-refractivity contribution in [2.75, 3.05) is 20.6 Å². The van der Waals surface area contributed by atoms with E-state index in [0.717, 1.165) is 17.8 Å². The van der Waals surface area contributed by atoms with E-state index in [0.29, 0.717) is 0 Å². The van der Waals surface area contributed by atoms with Crippen molar-refractivity contribution >= 4 is 0 Å². The molecule has 0 bridgehead atoms. The van der Waals surface area contributed by atoms with Gasteiger partial charge in [-0.25, -0.2) is 0 Å². The molecule has 0 aromatic heterocycles. The van der Waals surface area contributed by atoms with Crippen molar-refractivity contribution in [2.45, 2.75) is 33.1 Å². The van der Waals surface area contributed by atoms with Gasteiger partial charge in [-0.2, -0.15) is 0 Å². The van der Waals surface area contributed by atoms with E-state index in [1.165, 1.54) is 25.8 Å². The minimum atomic E-state index is 0.970. The highest BCUT2D eigenvalue weighted by Gasteiger charge is 2.27. The Bertz CT molecular complexity index is 121. The summed E-state index contributed by atoms with van der Waals surface area (Å²) < 4.78 is 0. The van der Waals surface area contributed by atoms with Crippen molar-refractivity contribution < 1.29 is 0 Å². The van der Waals surface area contributed by atoms with Crippen LogP contribution in [0, 0.1) is 17.8 Å². The third-order valence-electron chi connectivity index (χ3n) is 3.37. The molecule has 0 aromatic rings. The monoisotopic (exact) mass is 169 g/mol. The molecular weight excluding hydrogens is 146 g/mol. The number of nitrogens with zero attached hydrogens (tertiary/aromatic N) is 1. The largest absolute Gasteiger partial charge is 0.309 e.